The van der Waals surface area contributed by atoms with Gasteiger partial charge in [-0.25, -0.2) is 14.7 Å². The maximum absolute atomic E-state index is 12.8. The Bertz CT molecular complexity index is 504. The van der Waals surface area contributed by atoms with Crippen molar-refractivity contribution >= 4 is 17.6 Å². The number of carbonyl (C=O) groups is 2. The van der Waals surface area contributed by atoms with Gasteiger partial charge in [0.1, 0.15) is 11.4 Å². The first-order chi connectivity index (χ1) is 8.41. The molecule has 0 saturated heterocycles. The molecule has 1 rings (SSSR count). The van der Waals surface area contributed by atoms with Crippen LogP contribution in [0.2, 0.25) is 0 Å². The minimum Gasteiger partial charge on any atom is -0.479 e. The lowest BCUT2D eigenvalue weighted by atomic mass is 10.1. The number of carboxylic acid groups (broad SMARTS) is 1. The maximum atomic E-state index is 12.8. The van der Waals surface area contributed by atoms with Gasteiger partial charge in [-0.3, -0.25) is 19.7 Å². The second kappa shape index (κ2) is 5.68. The normalized spacial score (nSPS) is 9.83. The molecule has 0 radical (unpaired) electrons. The molecule has 0 unspecified atom stereocenters. The number of hydroxylamine groups is 1. The summed E-state index contributed by atoms with van der Waals surface area (Å²) in [5, 5.41) is 18.8. The monoisotopic (exact) mass is 258 g/mol. The SMILES string of the molecule is O=C(O)CONC(=O)c1ccc(F)cc1[N+](=O)[O-]. The summed E-state index contributed by atoms with van der Waals surface area (Å²) in [6.07, 6.45) is 0. The molecule has 0 bridgehead atoms. The van der Waals surface area contributed by atoms with E-state index in [4.69, 9.17) is 5.11 Å². The van der Waals surface area contributed by atoms with E-state index in [2.05, 4.69) is 4.84 Å². The van der Waals surface area contributed by atoms with Crippen LogP contribution in [0.1, 0.15) is 10.4 Å². The zero-order valence-corrected chi connectivity index (χ0v) is 8.75. The molecule has 9 heteroatoms. The van der Waals surface area contributed by atoms with Crippen LogP contribution in [0.4, 0.5) is 10.1 Å². The minimum absolute atomic E-state index is 0.438. The molecule has 0 saturated carbocycles. The van der Waals surface area contributed by atoms with Crippen LogP contribution < -0.4 is 5.48 Å². The summed E-state index contributed by atoms with van der Waals surface area (Å²) in [5.41, 5.74) is 0.516. The molecular weight excluding hydrogens is 251 g/mol. The second-order valence-corrected chi connectivity index (χ2v) is 3.03. The van der Waals surface area contributed by atoms with Gasteiger partial charge < -0.3 is 5.11 Å². The van der Waals surface area contributed by atoms with Gasteiger partial charge in [-0.15, -0.1) is 0 Å². The summed E-state index contributed by atoms with van der Waals surface area (Å²) in [5.74, 6) is -3.24. The Morgan fingerprint density at radius 1 is 1.50 bits per heavy atom. The molecule has 0 fully saturated rings. The molecule has 8 nitrogen and oxygen atoms in total. The van der Waals surface area contributed by atoms with E-state index in [9.17, 15) is 24.1 Å². The van der Waals surface area contributed by atoms with Crippen LogP contribution >= 0.6 is 0 Å². The number of nitrogens with one attached hydrogen (secondary N) is 1. The molecule has 96 valence electrons. The van der Waals surface area contributed by atoms with Crippen molar-refractivity contribution < 1.29 is 28.8 Å². The van der Waals surface area contributed by atoms with Crippen LogP contribution in [0.3, 0.4) is 0 Å². The van der Waals surface area contributed by atoms with E-state index in [1.54, 1.807) is 5.48 Å². The van der Waals surface area contributed by atoms with E-state index >= 15 is 0 Å². The lowest BCUT2D eigenvalue weighted by molar-refractivity contribution is -0.385. The number of amides is 1. The number of hydrogen-bond acceptors (Lipinski definition) is 5. The van der Waals surface area contributed by atoms with E-state index in [1.165, 1.54) is 0 Å². The first-order valence-electron chi connectivity index (χ1n) is 4.49. The van der Waals surface area contributed by atoms with Crippen molar-refractivity contribution in [2.24, 2.45) is 0 Å². The van der Waals surface area contributed by atoms with Crippen molar-refractivity contribution in [3.63, 3.8) is 0 Å². The number of hydrogen-bond donors (Lipinski definition) is 2. The van der Waals surface area contributed by atoms with E-state index in [1.807, 2.05) is 0 Å². The molecular formula is C9H7FN2O6. The predicted octanol–water partition coefficient (Wildman–Crippen LogP) is 0.480. The van der Waals surface area contributed by atoms with Crippen LogP contribution in [-0.4, -0.2) is 28.5 Å². The molecule has 1 aromatic rings. The Kier molecular flexibility index (Phi) is 4.27. The van der Waals surface area contributed by atoms with Gasteiger partial charge in [0.05, 0.1) is 11.0 Å². The van der Waals surface area contributed by atoms with Gasteiger partial charge in [0.25, 0.3) is 11.6 Å². The van der Waals surface area contributed by atoms with Gasteiger partial charge in [0.2, 0.25) is 0 Å². The van der Waals surface area contributed by atoms with Crippen LogP contribution in [0, 0.1) is 15.9 Å². The van der Waals surface area contributed by atoms with Crippen molar-refractivity contribution in [3.05, 3.63) is 39.7 Å². The molecule has 0 atom stereocenters. The summed E-state index contributed by atoms with van der Waals surface area (Å²) in [4.78, 5) is 35.4. The zero-order valence-electron chi connectivity index (χ0n) is 8.75. The quantitative estimate of drug-likeness (QED) is 0.585. The molecule has 0 heterocycles. The maximum Gasteiger partial charge on any atom is 0.332 e. The zero-order chi connectivity index (χ0) is 13.7. The average Bonchev–Trinajstić information content (AvgIpc) is 2.28. The Morgan fingerprint density at radius 2 is 2.17 bits per heavy atom. The molecule has 2 N–H and O–H groups in total. The largest absolute Gasteiger partial charge is 0.479 e. The Labute approximate surface area is 99.1 Å². The molecule has 0 aromatic heterocycles. The number of rotatable bonds is 5. The Morgan fingerprint density at radius 3 is 2.72 bits per heavy atom. The number of nitrogens with zero attached hydrogens (tertiary/aromatic N) is 1. The number of carbonyl (C=O) groups excluding carboxylic acids is 1. The highest BCUT2D eigenvalue weighted by molar-refractivity contribution is 5.97. The van der Waals surface area contributed by atoms with Crippen molar-refractivity contribution in [1.29, 1.82) is 0 Å². The number of aliphatic carboxylic acids is 1. The summed E-state index contributed by atoms with van der Waals surface area (Å²) >= 11 is 0. The fraction of sp³-hybridized carbons (Fsp3) is 0.111. The molecule has 0 aliphatic rings. The highest BCUT2D eigenvalue weighted by Crippen LogP contribution is 2.19. The first-order valence-corrected chi connectivity index (χ1v) is 4.49. The standard InChI is InChI=1S/C9H7FN2O6/c10-5-1-2-6(7(3-5)12(16)17)9(15)11-18-4-8(13)14/h1-3H,4H2,(H,11,15)(H,13,14). The average molecular weight is 258 g/mol. The van der Waals surface area contributed by atoms with Gasteiger partial charge in [-0.1, -0.05) is 0 Å². The lowest BCUT2D eigenvalue weighted by Gasteiger charge is -2.04. The fourth-order valence-corrected chi connectivity index (χ4v) is 1.07. The highest BCUT2D eigenvalue weighted by atomic mass is 19.1. The molecule has 1 aromatic carbocycles. The lowest BCUT2D eigenvalue weighted by Crippen LogP contribution is -2.27. The van der Waals surface area contributed by atoms with E-state index < -0.39 is 40.5 Å². The van der Waals surface area contributed by atoms with Crippen molar-refractivity contribution in [1.82, 2.24) is 5.48 Å². The van der Waals surface area contributed by atoms with Crippen LogP contribution in [-0.2, 0) is 9.63 Å². The molecule has 0 spiro atoms. The van der Waals surface area contributed by atoms with Crippen molar-refractivity contribution in [2.75, 3.05) is 6.61 Å². The third kappa shape index (κ3) is 3.49. The molecule has 0 aliphatic carbocycles. The summed E-state index contributed by atoms with van der Waals surface area (Å²) in [6.45, 7) is -0.805. The number of nitro groups is 1. The van der Waals surface area contributed by atoms with E-state index in [0.29, 0.717) is 6.07 Å². The van der Waals surface area contributed by atoms with Gasteiger partial charge in [0.15, 0.2) is 6.61 Å². The summed E-state index contributed by atoms with van der Waals surface area (Å²) < 4.78 is 12.8. The molecule has 0 aliphatic heterocycles. The van der Waals surface area contributed by atoms with Crippen LogP contribution in [0.25, 0.3) is 0 Å². The third-order valence-electron chi connectivity index (χ3n) is 1.76. The molecule has 18 heavy (non-hydrogen) atoms. The summed E-state index contributed by atoms with van der Waals surface area (Å²) in [6, 6.07) is 2.33. The van der Waals surface area contributed by atoms with Crippen molar-refractivity contribution in [3.8, 4) is 0 Å². The third-order valence-corrected chi connectivity index (χ3v) is 1.76. The topological polar surface area (TPSA) is 119 Å². The van der Waals surface area contributed by atoms with E-state index in [-0.39, 0.29) is 0 Å². The summed E-state index contributed by atoms with van der Waals surface area (Å²) in [7, 11) is 0. The molecule has 1 amide bonds. The highest BCUT2D eigenvalue weighted by Gasteiger charge is 2.21. The van der Waals surface area contributed by atoms with Crippen LogP contribution in [0.5, 0.6) is 0 Å². The van der Waals surface area contributed by atoms with Crippen LogP contribution in [0.15, 0.2) is 18.2 Å². The van der Waals surface area contributed by atoms with Gasteiger partial charge in [-0.2, -0.15) is 0 Å². The Hall–Kier alpha value is -2.55. The minimum atomic E-state index is -1.33. The van der Waals surface area contributed by atoms with Gasteiger partial charge >= 0.3 is 5.97 Å². The number of halogens is 1. The number of carboxylic acids is 1. The second-order valence-electron chi connectivity index (χ2n) is 3.03. The number of benzene rings is 1. The number of nitro benzene ring substituents is 1. The van der Waals surface area contributed by atoms with Crippen molar-refractivity contribution in [2.45, 2.75) is 0 Å². The fourth-order valence-electron chi connectivity index (χ4n) is 1.07. The first kappa shape index (κ1) is 13.5. The van der Waals surface area contributed by atoms with E-state index in [0.717, 1.165) is 12.1 Å². The Balaban J connectivity index is 2.85. The smallest absolute Gasteiger partial charge is 0.332 e. The van der Waals surface area contributed by atoms with Gasteiger partial charge in [0, 0.05) is 0 Å². The van der Waals surface area contributed by atoms with Gasteiger partial charge in [-0.05, 0) is 12.1 Å². The predicted molar refractivity (Wildman–Crippen MR) is 54.1 cm³/mol.